The largest absolute Gasteiger partial charge is 0.479 e. The SMILES string of the molecule is Cc1ccc(C(C)(Cn2cncn2)O[N+](=O)OC(C)(Cn2cncn2)c2ccc(C)cc2)cc1. The van der Waals surface area contributed by atoms with Crippen molar-refractivity contribution >= 4 is 0 Å². The first-order chi connectivity index (χ1) is 16.3. The van der Waals surface area contributed by atoms with Crippen molar-refractivity contribution in [3.8, 4) is 0 Å². The lowest BCUT2D eigenvalue weighted by atomic mass is 9.95. The molecule has 34 heavy (non-hydrogen) atoms. The molecular formula is C24H28N7O3+. The van der Waals surface area contributed by atoms with Gasteiger partial charge < -0.3 is 0 Å². The van der Waals surface area contributed by atoms with Crippen LogP contribution < -0.4 is 0 Å². The maximum Gasteiger partial charge on any atom is 0.479 e. The van der Waals surface area contributed by atoms with Crippen LogP contribution in [0.2, 0.25) is 0 Å². The van der Waals surface area contributed by atoms with Crippen LogP contribution in [0, 0.1) is 18.8 Å². The van der Waals surface area contributed by atoms with Crippen molar-refractivity contribution in [1.82, 2.24) is 29.5 Å². The van der Waals surface area contributed by atoms with E-state index in [2.05, 4.69) is 20.2 Å². The zero-order valence-corrected chi connectivity index (χ0v) is 19.7. The summed E-state index contributed by atoms with van der Waals surface area (Å²) in [5.74, 6) is 0. The molecule has 0 saturated heterocycles. The molecule has 0 saturated carbocycles. The zero-order chi connectivity index (χ0) is 24.2. The van der Waals surface area contributed by atoms with Gasteiger partial charge in [0.15, 0.2) is 0 Å². The highest BCUT2D eigenvalue weighted by Gasteiger charge is 2.45. The van der Waals surface area contributed by atoms with Crippen molar-refractivity contribution in [2.24, 2.45) is 0 Å². The van der Waals surface area contributed by atoms with E-state index in [0.29, 0.717) is 0 Å². The van der Waals surface area contributed by atoms with E-state index < -0.39 is 11.2 Å². The Hall–Kier alpha value is -4.08. The Morgan fingerprint density at radius 3 is 1.44 bits per heavy atom. The molecule has 0 radical (unpaired) electrons. The van der Waals surface area contributed by atoms with Crippen molar-refractivity contribution < 1.29 is 14.8 Å². The van der Waals surface area contributed by atoms with E-state index in [-0.39, 0.29) is 18.2 Å². The smallest absolute Gasteiger partial charge is 0.248 e. The van der Waals surface area contributed by atoms with Crippen LogP contribution in [0.4, 0.5) is 0 Å². The molecule has 2 aromatic carbocycles. The predicted octanol–water partition coefficient (Wildman–Crippen LogP) is 3.66. The maximum absolute atomic E-state index is 13.2. The van der Waals surface area contributed by atoms with Crippen LogP contribution in [0.15, 0.2) is 73.8 Å². The van der Waals surface area contributed by atoms with Crippen LogP contribution in [-0.2, 0) is 34.0 Å². The lowest BCUT2D eigenvalue weighted by Gasteiger charge is -2.26. The monoisotopic (exact) mass is 462 g/mol. The highest BCUT2D eigenvalue weighted by atomic mass is 17.0. The molecule has 0 aliphatic rings. The summed E-state index contributed by atoms with van der Waals surface area (Å²) in [5, 5.41) is 8.54. The van der Waals surface area contributed by atoms with E-state index in [9.17, 15) is 4.91 Å². The van der Waals surface area contributed by atoms with Crippen molar-refractivity contribution in [3.63, 3.8) is 0 Å². The Morgan fingerprint density at radius 1 is 0.735 bits per heavy atom. The molecule has 0 fully saturated rings. The number of aromatic nitrogens is 6. The van der Waals surface area contributed by atoms with Gasteiger partial charge in [-0.15, -0.1) is 0 Å². The lowest BCUT2D eigenvalue weighted by molar-refractivity contribution is -1.01. The summed E-state index contributed by atoms with van der Waals surface area (Å²) in [6, 6.07) is 15.6. The summed E-state index contributed by atoms with van der Waals surface area (Å²) in [5.41, 5.74) is 1.64. The molecule has 2 unspecified atom stereocenters. The lowest BCUT2D eigenvalue weighted by Crippen LogP contribution is -2.40. The second kappa shape index (κ2) is 9.42. The van der Waals surface area contributed by atoms with E-state index in [0.717, 1.165) is 22.3 Å². The van der Waals surface area contributed by atoms with Crippen molar-refractivity contribution in [1.29, 1.82) is 0 Å². The van der Waals surface area contributed by atoms with E-state index in [1.54, 1.807) is 22.0 Å². The summed E-state index contributed by atoms with van der Waals surface area (Å²) >= 11 is 0. The Labute approximate surface area is 197 Å². The van der Waals surface area contributed by atoms with Gasteiger partial charge in [-0.1, -0.05) is 59.7 Å². The molecule has 0 aliphatic heterocycles. The van der Waals surface area contributed by atoms with Gasteiger partial charge in [-0.05, 0) is 27.7 Å². The minimum atomic E-state index is -1.08. The molecule has 176 valence electrons. The van der Waals surface area contributed by atoms with Gasteiger partial charge >= 0.3 is 5.09 Å². The van der Waals surface area contributed by atoms with Crippen LogP contribution in [0.25, 0.3) is 0 Å². The molecule has 2 heterocycles. The number of hydrogen-bond donors (Lipinski definition) is 0. The highest BCUT2D eigenvalue weighted by molar-refractivity contribution is 5.27. The summed E-state index contributed by atoms with van der Waals surface area (Å²) in [4.78, 5) is 33.0. The number of hydrogen-bond acceptors (Lipinski definition) is 7. The first-order valence-corrected chi connectivity index (χ1v) is 10.9. The molecular weight excluding hydrogens is 434 g/mol. The third-order valence-electron chi connectivity index (χ3n) is 5.74. The Balaban J connectivity index is 1.62. The molecule has 2 aromatic heterocycles. The zero-order valence-electron chi connectivity index (χ0n) is 19.7. The van der Waals surface area contributed by atoms with E-state index in [4.69, 9.17) is 9.68 Å². The maximum atomic E-state index is 13.2. The average molecular weight is 463 g/mol. The van der Waals surface area contributed by atoms with Gasteiger partial charge in [0.1, 0.15) is 30.2 Å². The number of nitrogens with zero attached hydrogens (tertiary/aromatic N) is 7. The molecule has 0 aliphatic carbocycles. The Bertz CT molecular complexity index is 1110. The summed E-state index contributed by atoms with van der Waals surface area (Å²) in [6.07, 6.45) is 6.03. The quantitative estimate of drug-likeness (QED) is 0.332. The number of aryl methyl sites for hydroxylation is 2. The second-order valence-corrected chi connectivity index (χ2v) is 8.79. The second-order valence-electron chi connectivity index (χ2n) is 8.79. The molecule has 4 rings (SSSR count). The first-order valence-electron chi connectivity index (χ1n) is 10.9. The van der Waals surface area contributed by atoms with Crippen LogP contribution in [0.5, 0.6) is 0 Å². The first kappa shape index (κ1) is 23.1. The van der Waals surface area contributed by atoms with Crippen LogP contribution in [0.1, 0.15) is 36.1 Å². The fraction of sp³-hybridized carbons (Fsp3) is 0.333. The number of rotatable bonds is 10. The van der Waals surface area contributed by atoms with Crippen molar-refractivity contribution in [3.05, 3.63) is 101 Å². The van der Waals surface area contributed by atoms with Gasteiger partial charge in [-0.25, -0.2) is 19.3 Å². The van der Waals surface area contributed by atoms with Crippen LogP contribution >= 0.6 is 0 Å². The topological polar surface area (TPSA) is 100.0 Å². The van der Waals surface area contributed by atoms with E-state index in [1.807, 2.05) is 76.2 Å². The van der Waals surface area contributed by atoms with Gasteiger partial charge in [-0.3, -0.25) is 0 Å². The standard InChI is InChI=1S/C24H28N7O3/c1-19-5-9-21(10-6-19)23(3,13-29-17-25-15-27-29)33-31(32)34-24(4,14-30-18-26-16-28-30)22-11-7-20(2)8-12-22/h5-12,15-18H,13-14H2,1-4H3/q+1. The van der Waals surface area contributed by atoms with Crippen molar-refractivity contribution in [2.45, 2.75) is 52.0 Å². The molecule has 0 N–H and O–H groups in total. The molecule has 4 aromatic rings. The van der Waals surface area contributed by atoms with Gasteiger partial charge in [-0.2, -0.15) is 19.9 Å². The third-order valence-corrected chi connectivity index (χ3v) is 5.74. The fourth-order valence-corrected chi connectivity index (χ4v) is 3.75. The summed E-state index contributed by atoms with van der Waals surface area (Å²) in [6.45, 7) is 8.13. The molecule has 10 nitrogen and oxygen atoms in total. The van der Waals surface area contributed by atoms with Gasteiger partial charge in [0.2, 0.25) is 11.2 Å². The molecule has 0 spiro atoms. The summed E-state index contributed by atoms with van der Waals surface area (Å²) < 4.78 is 3.23. The molecule has 0 bridgehead atoms. The highest BCUT2D eigenvalue weighted by Crippen LogP contribution is 2.32. The van der Waals surface area contributed by atoms with Crippen LogP contribution in [-0.4, -0.2) is 34.6 Å². The third kappa shape index (κ3) is 5.28. The molecule has 2 atom stereocenters. The average Bonchev–Trinajstić information content (AvgIpc) is 3.48. The van der Waals surface area contributed by atoms with E-state index >= 15 is 0 Å². The molecule has 0 amide bonds. The van der Waals surface area contributed by atoms with Gasteiger partial charge in [0.25, 0.3) is 0 Å². The predicted molar refractivity (Wildman–Crippen MR) is 123 cm³/mol. The minimum Gasteiger partial charge on any atom is -0.248 e. The fourth-order valence-electron chi connectivity index (χ4n) is 3.75. The summed E-state index contributed by atoms with van der Waals surface area (Å²) in [7, 11) is 0. The Kier molecular flexibility index (Phi) is 6.40. The molecule has 10 heteroatoms. The van der Waals surface area contributed by atoms with E-state index in [1.165, 1.54) is 12.7 Å². The van der Waals surface area contributed by atoms with Crippen LogP contribution in [0.3, 0.4) is 0 Å². The number of benzene rings is 2. The minimum absolute atomic E-state index is 0.188. The normalized spacial score (nSPS) is 14.7. The van der Waals surface area contributed by atoms with Crippen molar-refractivity contribution in [2.75, 3.05) is 0 Å². The van der Waals surface area contributed by atoms with Gasteiger partial charge in [0, 0.05) is 11.1 Å². The Morgan fingerprint density at radius 2 is 1.12 bits per heavy atom. The van der Waals surface area contributed by atoms with Gasteiger partial charge in [0.05, 0.1) is 13.1 Å².